The van der Waals surface area contributed by atoms with Gasteiger partial charge in [0.2, 0.25) is 0 Å². The molecule has 1 amide bonds. The second-order valence-corrected chi connectivity index (χ2v) is 10.9. The van der Waals surface area contributed by atoms with Gasteiger partial charge in [-0.05, 0) is 55.3 Å². The largest absolute Gasteiger partial charge is 0.463 e. The summed E-state index contributed by atoms with van der Waals surface area (Å²) < 4.78 is 11.5. The van der Waals surface area contributed by atoms with E-state index in [0.29, 0.717) is 52.1 Å². The molecule has 4 aromatic rings. The van der Waals surface area contributed by atoms with Gasteiger partial charge in [0.05, 0.1) is 29.4 Å². The number of hydrogen-bond acceptors (Lipinski definition) is 4. The number of esters is 1. The Balaban J connectivity index is 1.45. The van der Waals surface area contributed by atoms with E-state index in [2.05, 4.69) is 18.6 Å². The van der Waals surface area contributed by atoms with Crippen molar-refractivity contribution in [3.63, 3.8) is 0 Å². The second-order valence-electron chi connectivity index (χ2n) is 10.9. The lowest BCUT2D eigenvalue weighted by Crippen LogP contribution is -2.39. The van der Waals surface area contributed by atoms with Gasteiger partial charge in [-0.3, -0.25) is 0 Å². The number of allylic oxidation sites excluding steroid dienone is 4. The second kappa shape index (κ2) is 13.4. The first-order valence-corrected chi connectivity index (χ1v) is 15.2. The topological polar surface area (TPSA) is 55.8 Å². The van der Waals surface area contributed by atoms with Crippen LogP contribution in [0, 0.1) is 24.3 Å². The minimum Gasteiger partial charge on any atom is -0.463 e. The number of para-hydroxylation sites is 2. The third kappa shape index (κ3) is 5.90. The molecule has 1 atom stereocenters. The lowest BCUT2D eigenvalue weighted by atomic mass is 9.72. The van der Waals surface area contributed by atoms with Crippen LogP contribution in [-0.4, -0.2) is 18.5 Å². The summed E-state index contributed by atoms with van der Waals surface area (Å²) in [5.74, 6) is 2.65. The maximum Gasteiger partial charge on any atom is 0.402 e. The van der Waals surface area contributed by atoms with Gasteiger partial charge in [-0.25, -0.2) is 14.5 Å². The van der Waals surface area contributed by atoms with Crippen molar-refractivity contribution in [3.8, 4) is 23.8 Å². The number of benzene rings is 4. The quantitative estimate of drug-likeness (QED) is 0.110. The van der Waals surface area contributed by atoms with Gasteiger partial charge in [-0.15, -0.1) is 6.42 Å². The summed E-state index contributed by atoms with van der Waals surface area (Å²) in [6.07, 6.45) is 10.4. The molecule has 6 rings (SSSR count). The molecule has 5 heteroatoms. The molecular weight excluding hydrogens is 570 g/mol. The molecule has 1 heterocycles. The van der Waals surface area contributed by atoms with Gasteiger partial charge in [-0.2, -0.15) is 0 Å². The third-order valence-electron chi connectivity index (χ3n) is 7.99. The van der Waals surface area contributed by atoms with Crippen LogP contribution in [0.1, 0.15) is 24.5 Å². The maximum absolute atomic E-state index is 13.9. The van der Waals surface area contributed by atoms with E-state index >= 15 is 0 Å². The van der Waals surface area contributed by atoms with Gasteiger partial charge in [0.1, 0.15) is 17.2 Å². The molecule has 0 N–H and O–H groups in total. The van der Waals surface area contributed by atoms with Gasteiger partial charge < -0.3 is 9.47 Å². The van der Waals surface area contributed by atoms with Crippen LogP contribution in [0.15, 0.2) is 150 Å². The highest BCUT2D eigenvalue weighted by molar-refractivity contribution is 6.13. The van der Waals surface area contributed by atoms with Crippen molar-refractivity contribution in [1.29, 1.82) is 0 Å². The number of amides is 1. The predicted octanol–water partition coefficient (Wildman–Crippen LogP) is 8.28. The zero-order valence-electron chi connectivity index (χ0n) is 25.5. The lowest BCUT2D eigenvalue weighted by Gasteiger charge is -2.33. The van der Waals surface area contributed by atoms with Crippen LogP contribution in [0.3, 0.4) is 0 Å². The van der Waals surface area contributed by atoms with Crippen molar-refractivity contribution < 1.29 is 19.1 Å². The standard InChI is InChI=1S/C41H32NO4/c1-4-35-28(3)40-38(37(30-15-9-6-10-16-30)39(35)41(44)45-5-2)31(27-36(43)42(40)32-17-11-7-12-18-32)24-21-29-22-25-34(26-23-29)46-33-19-13-8-14-20-33/h1,6-20,22-23,25-26,35H,3,5,21,24H2,2H3/q+1. The van der Waals surface area contributed by atoms with E-state index in [4.69, 9.17) is 15.9 Å². The Labute approximate surface area is 269 Å². The van der Waals surface area contributed by atoms with E-state index in [-0.39, 0.29) is 12.5 Å². The minimum absolute atomic E-state index is 0.188. The van der Waals surface area contributed by atoms with Crippen LogP contribution >= 0.6 is 0 Å². The monoisotopic (exact) mass is 602 g/mol. The Morgan fingerprint density at radius 2 is 1.46 bits per heavy atom. The highest BCUT2D eigenvalue weighted by Crippen LogP contribution is 2.49. The molecule has 0 saturated heterocycles. The van der Waals surface area contributed by atoms with E-state index < -0.39 is 11.9 Å². The number of terminal acetylenes is 1. The summed E-state index contributed by atoms with van der Waals surface area (Å²) in [7, 11) is 0. The van der Waals surface area contributed by atoms with Gasteiger partial charge >= 0.3 is 11.9 Å². The fourth-order valence-electron chi connectivity index (χ4n) is 5.91. The minimum atomic E-state index is -0.802. The number of carbonyl (C=O) groups is 2. The number of hydrogen-bond donors (Lipinski definition) is 0. The molecule has 4 aromatic carbocycles. The van der Waals surface area contributed by atoms with Crippen molar-refractivity contribution in [2.75, 3.05) is 11.5 Å². The molecule has 5 nitrogen and oxygen atoms in total. The summed E-state index contributed by atoms with van der Waals surface area (Å²) >= 11 is 0. The number of anilines is 1. The van der Waals surface area contributed by atoms with E-state index in [0.717, 1.165) is 22.6 Å². The van der Waals surface area contributed by atoms with E-state index in [1.807, 2.05) is 115 Å². The normalized spacial score (nSPS) is 15.9. The van der Waals surface area contributed by atoms with E-state index in [1.165, 1.54) is 0 Å². The first-order chi connectivity index (χ1) is 22.5. The number of aryl methyl sites for hydroxylation is 1. The SMILES string of the molecule is C#CC1C(=C)C2=C(C(CCc3ccc(Oc4ccccc4)cc3)=[C+]C(=O)N2c2ccccc2)C(c2ccccc2)=C1C(=O)OCC. The molecule has 46 heavy (non-hydrogen) atoms. The zero-order chi connectivity index (χ0) is 32.0. The smallest absolute Gasteiger partial charge is 0.402 e. The summed E-state index contributed by atoms with van der Waals surface area (Å²) in [5.41, 5.74) is 5.91. The molecule has 0 aromatic heterocycles. The molecule has 0 spiro atoms. The average molecular weight is 603 g/mol. The number of ether oxygens (including phenoxy) is 2. The van der Waals surface area contributed by atoms with Crippen LogP contribution in [0.25, 0.3) is 5.57 Å². The summed E-state index contributed by atoms with van der Waals surface area (Å²) in [6.45, 7) is 6.34. The lowest BCUT2D eigenvalue weighted by molar-refractivity contribution is -0.138. The van der Waals surface area contributed by atoms with Crippen molar-refractivity contribution in [2.24, 2.45) is 5.92 Å². The van der Waals surface area contributed by atoms with Crippen molar-refractivity contribution in [1.82, 2.24) is 0 Å². The van der Waals surface area contributed by atoms with Crippen LogP contribution in [0.4, 0.5) is 5.69 Å². The molecule has 2 aliphatic rings. The van der Waals surface area contributed by atoms with Gasteiger partial charge in [-0.1, -0.05) is 91.4 Å². The van der Waals surface area contributed by atoms with Crippen molar-refractivity contribution >= 4 is 23.1 Å². The van der Waals surface area contributed by atoms with Crippen LogP contribution < -0.4 is 9.64 Å². The molecule has 224 valence electrons. The first kappa shape index (κ1) is 30.1. The molecule has 1 unspecified atom stereocenters. The Morgan fingerprint density at radius 1 is 0.848 bits per heavy atom. The number of nitrogens with zero attached hydrogens (tertiary/aromatic N) is 1. The van der Waals surface area contributed by atoms with Gasteiger partial charge in [0, 0.05) is 17.6 Å². The zero-order valence-corrected chi connectivity index (χ0v) is 25.5. The Hall–Kier alpha value is -5.95. The first-order valence-electron chi connectivity index (χ1n) is 15.2. The summed E-state index contributed by atoms with van der Waals surface area (Å²) in [4.78, 5) is 29.2. The van der Waals surface area contributed by atoms with Crippen LogP contribution in [-0.2, 0) is 20.7 Å². The van der Waals surface area contributed by atoms with Crippen LogP contribution in [0.5, 0.6) is 11.5 Å². The maximum atomic E-state index is 13.9. The molecule has 1 aliphatic carbocycles. The molecular formula is C41H32NO4+. The van der Waals surface area contributed by atoms with Crippen LogP contribution in [0.2, 0.25) is 0 Å². The third-order valence-corrected chi connectivity index (χ3v) is 7.99. The predicted molar refractivity (Wildman–Crippen MR) is 180 cm³/mol. The summed E-state index contributed by atoms with van der Waals surface area (Å²) in [5, 5.41) is 0. The van der Waals surface area contributed by atoms with Crippen molar-refractivity contribution in [3.05, 3.63) is 167 Å². The van der Waals surface area contributed by atoms with Gasteiger partial charge in [0.15, 0.2) is 17.2 Å². The fraction of sp³-hybridized carbons (Fsp3) is 0.122. The number of rotatable bonds is 9. The average Bonchev–Trinajstić information content (AvgIpc) is 3.09. The summed E-state index contributed by atoms with van der Waals surface area (Å²) in [6, 6.07) is 36.5. The van der Waals surface area contributed by atoms with E-state index in [9.17, 15) is 9.59 Å². The fourth-order valence-corrected chi connectivity index (χ4v) is 5.91. The molecule has 0 bridgehead atoms. The molecule has 0 fully saturated rings. The highest BCUT2D eigenvalue weighted by Gasteiger charge is 2.49. The Kier molecular flexibility index (Phi) is 8.74. The van der Waals surface area contributed by atoms with Gasteiger partial charge in [0.25, 0.3) is 0 Å². The number of carbonyl (C=O) groups excluding carboxylic acids is 2. The Morgan fingerprint density at radius 3 is 2.09 bits per heavy atom. The Bertz CT molecular complexity index is 1910. The van der Waals surface area contributed by atoms with Crippen molar-refractivity contribution in [2.45, 2.75) is 19.8 Å². The highest BCUT2D eigenvalue weighted by atomic mass is 16.5. The van der Waals surface area contributed by atoms with E-state index in [1.54, 1.807) is 11.8 Å². The molecule has 1 aliphatic heterocycles. The molecule has 0 saturated carbocycles. The molecule has 0 radical (unpaired) electrons.